The molecule has 1 amide bonds. The summed E-state index contributed by atoms with van der Waals surface area (Å²) in [7, 11) is 1.59. The number of anilines is 2. The van der Waals surface area contributed by atoms with Crippen molar-refractivity contribution in [3.05, 3.63) is 88.4 Å². The predicted molar refractivity (Wildman–Crippen MR) is 110 cm³/mol. The predicted octanol–water partition coefficient (Wildman–Crippen LogP) is 6.08. The maximum atomic E-state index is 12.9. The SMILES string of the molecule is COc1ccccc1C1N(c2ccccc2)OC(=O)N1c1ccc(Cl)c(Cl)c1. The third-order valence-electron chi connectivity index (χ3n) is 4.45. The normalized spacial score (nSPS) is 16.2. The first-order valence-electron chi connectivity index (χ1n) is 8.53. The minimum Gasteiger partial charge on any atom is -0.496 e. The second-order valence-electron chi connectivity index (χ2n) is 6.10. The van der Waals surface area contributed by atoms with Gasteiger partial charge in [0, 0.05) is 5.56 Å². The zero-order valence-electron chi connectivity index (χ0n) is 14.9. The van der Waals surface area contributed by atoms with E-state index in [2.05, 4.69) is 0 Å². The second kappa shape index (κ2) is 7.62. The van der Waals surface area contributed by atoms with Gasteiger partial charge in [-0.1, -0.05) is 59.6 Å². The average molecular weight is 415 g/mol. The Labute approximate surface area is 172 Å². The Morgan fingerprint density at radius 1 is 0.893 bits per heavy atom. The van der Waals surface area contributed by atoms with E-state index in [1.165, 1.54) is 4.90 Å². The lowest BCUT2D eigenvalue weighted by Gasteiger charge is -2.28. The third-order valence-corrected chi connectivity index (χ3v) is 5.19. The standard InChI is InChI=1S/C21H16Cl2N2O3/c1-27-19-10-6-5-9-16(19)20-24(15-11-12-17(22)18(23)13-15)21(26)28-25(20)14-7-3-2-4-8-14/h2-13,20H,1H3. The molecule has 0 N–H and O–H groups in total. The Bertz CT molecular complexity index is 1010. The average Bonchev–Trinajstić information content (AvgIpc) is 3.07. The fraction of sp³-hybridized carbons (Fsp3) is 0.0952. The van der Waals surface area contributed by atoms with Gasteiger partial charge in [0.25, 0.3) is 0 Å². The smallest absolute Gasteiger partial charge is 0.440 e. The first-order chi connectivity index (χ1) is 13.6. The van der Waals surface area contributed by atoms with E-state index < -0.39 is 12.3 Å². The van der Waals surface area contributed by atoms with Crippen LogP contribution in [0.1, 0.15) is 11.7 Å². The van der Waals surface area contributed by atoms with Crippen molar-refractivity contribution in [2.75, 3.05) is 17.1 Å². The molecule has 28 heavy (non-hydrogen) atoms. The Balaban J connectivity index is 1.88. The van der Waals surface area contributed by atoms with Gasteiger partial charge in [-0.15, -0.1) is 0 Å². The van der Waals surface area contributed by atoms with Gasteiger partial charge >= 0.3 is 6.09 Å². The number of hydroxylamine groups is 1. The van der Waals surface area contributed by atoms with Crippen LogP contribution in [-0.2, 0) is 4.84 Å². The van der Waals surface area contributed by atoms with E-state index in [1.54, 1.807) is 30.4 Å². The van der Waals surface area contributed by atoms with Crippen LogP contribution in [0.15, 0.2) is 72.8 Å². The lowest BCUT2D eigenvalue weighted by atomic mass is 10.1. The van der Waals surface area contributed by atoms with Crippen molar-refractivity contribution in [3.63, 3.8) is 0 Å². The van der Waals surface area contributed by atoms with Gasteiger partial charge in [0.1, 0.15) is 5.75 Å². The first-order valence-corrected chi connectivity index (χ1v) is 9.29. The Morgan fingerprint density at radius 3 is 2.32 bits per heavy atom. The van der Waals surface area contributed by atoms with Crippen LogP contribution in [0.3, 0.4) is 0 Å². The van der Waals surface area contributed by atoms with Crippen molar-refractivity contribution in [3.8, 4) is 5.75 Å². The van der Waals surface area contributed by atoms with E-state index in [9.17, 15) is 4.79 Å². The summed E-state index contributed by atoms with van der Waals surface area (Å²) in [6.45, 7) is 0. The van der Waals surface area contributed by atoms with Gasteiger partial charge in [-0.05, 0) is 36.4 Å². The number of para-hydroxylation sites is 2. The molecule has 1 aliphatic heterocycles. The molecule has 0 aliphatic carbocycles. The van der Waals surface area contributed by atoms with Crippen molar-refractivity contribution < 1.29 is 14.4 Å². The molecule has 0 saturated carbocycles. The van der Waals surface area contributed by atoms with Crippen molar-refractivity contribution >= 4 is 40.7 Å². The maximum absolute atomic E-state index is 12.9. The number of carbonyl (C=O) groups excluding carboxylic acids is 1. The number of amides is 1. The van der Waals surface area contributed by atoms with Crippen LogP contribution in [0.5, 0.6) is 5.75 Å². The Morgan fingerprint density at radius 2 is 1.61 bits per heavy atom. The van der Waals surface area contributed by atoms with Crippen LogP contribution in [0.2, 0.25) is 10.0 Å². The van der Waals surface area contributed by atoms with Crippen LogP contribution in [0.4, 0.5) is 16.2 Å². The van der Waals surface area contributed by atoms with Crippen molar-refractivity contribution in [2.45, 2.75) is 6.17 Å². The molecule has 7 heteroatoms. The molecule has 5 nitrogen and oxygen atoms in total. The molecule has 1 unspecified atom stereocenters. The summed E-state index contributed by atoms with van der Waals surface area (Å²) in [6, 6.07) is 21.9. The number of hydrogen-bond donors (Lipinski definition) is 0. The molecule has 142 valence electrons. The van der Waals surface area contributed by atoms with Gasteiger partial charge in [0.15, 0.2) is 6.17 Å². The first kappa shape index (κ1) is 18.5. The summed E-state index contributed by atoms with van der Waals surface area (Å²) in [5.74, 6) is 0.636. The third kappa shape index (κ3) is 3.23. The van der Waals surface area contributed by atoms with Crippen molar-refractivity contribution in [2.24, 2.45) is 0 Å². The maximum Gasteiger partial charge on any atom is 0.440 e. The monoisotopic (exact) mass is 414 g/mol. The van der Waals surface area contributed by atoms with Crippen LogP contribution >= 0.6 is 23.2 Å². The highest BCUT2D eigenvalue weighted by atomic mass is 35.5. The topological polar surface area (TPSA) is 42.0 Å². The molecule has 3 aromatic carbocycles. The summed E-state index contributed by atoms with van der Waals surface area (Å²) in [5.41, 5.74) is 2.06. The highest BCUT2D eigenvalue weighted by Crippen LogP contribution is 2.43. The van der Waals surface area contributed by atoms with Gasteiger partial charge in [0.05, 0.1) is 28.5 Å². The minimum atomic E-state index is -0.594. The zero-order chi connectivity index (χ0) is 19.7. The molecule has 0 bridgehead atoms. The second-order valence-corrected chi connectivity index (χ2v) is 6.92. The van der Waals surface area contributed by atoms with Gasteiger partial charge in [0.2, 0.25) is 0 Å². The summed E-state index contributed by atoms with van der Waals surface area (Å²) >= 11 is 12.2. The van der Waals surface area contributed by atoms with Gasteiger partial charge < -0.3 is 9.57 Å². The molecule has 1 heterocycles. The molecular formula is C21H16Cl2N2O3. The summed E-state index contributed by atoms with van der Waals surface area (Å²) < 4.78 is 5.54. The quantitative estimate of drug-likeness (QED) is 0.518. The Hall–Kier alpha value is -2.89. The number of carbonyl (C=O) groups is 1. The fourth-order valence-corrected chi connectivity index (χ4v) is 3.47. The van der Waals surface area contributed by atoms with Crippen molar-refractivity contribution in [1.82, 2.24) is 0 Å². The molecule has 0 spiro atoms. The lowest BCUT2D eigenvalue weighted by molar-refractivity contribution is 0.164. The number of benzene rings is 3. The van der Waals surface area contributed by atoms with E-state index in [0.29, 0.717) is 21.5 Å². The van der Waals surface area contributed by atoms with E-state index in [1.807, 2.05) is 54.6 Å². The minimum absolute atomic E-state index is 0.351. The van der Waals surface area contributed by atoms with Crippen molar-refractivity contribution in [1.29, 1.82) is 0 Å². The van der Waals surface area contributed by atoms with E-state index >= 15 is 0 Å². The highest BCUT2D eigenvalue weighted by molar-refractivity contribution is 6.42. The van der Waals surface area contributed by atoms with Crippen LogP contribution < -0.4 is 14.7 Å². The molecule has 1 saturated heterocycles. The van der Waals surface area contributed by atoms with Gasteiger partial charge in [-0.25, -0.2) is 9.69 Å². The molecule has 1 fully saturated rings. The number of ether oxygens (including phenoxy) is 1. The fourth-order valence-electron chi connectivity index (χ4n) is 3.18. The Kier molecular flexibility index (Phi) is 5.03. The molecule has 0 radical (unpaired) electrons. The molecular weight excluding hydrogens is 399 g/mol. The van der Waals surface area contributed by atoms with Crippen LogP contribution in [0.25, 0.3) is 0 Å². The lowest BCUT2D eigenvalue weighted by Crippen LogP contribution is -2.32. The number of nitrogens with zero attached hydrogens (tertiary/aromatic N) is 2. The summed E-state index contributed by atoms with van der Waals surface area (Å²) in [5, 5.41) is 2.32. The van der Waals surface area contributed by atoms with E-state index in [4.69, 9.17) is 32.8 Å². The highest BCUT2D eigenvalue weighted by Gasteiger charge is 2.44. The number of halogens is 2. The summed E-state index contributed by atoms with van der Waals surface area (Å²) in [4.78, 5) is 20.0. The van der Waals surface area contributed by atoms with E-state index in [-0.39, 0.29) is 0 Å². The van der Waals surface area contributed by atoms with Crippen LogP contribution in [-0.4, -0.2) is 13.2 Å². The summed E-state index contributed by atoms with van der Waals surface area (Å²) in [6.07, 6.45) is -1.12. The largest absolute Gasteiger partial charge is 0.496 e. The molecule has 1 aliphatic rings. The molecule has 0 aromatic heterocycles. The van der Waals surface area contributed by atoms with Crippen LogP contribution in [0, 0.1) is 0 Å². The zero-order valence-corrected chi connectivity index (χ0v) is 16.4. The molecule has 3 aromatic rings. The number of rotatable bonds is 4. The van der Waals surface area contributed by atoms with E-state index in [0.717, 1.165) is 11.3 Å². The number of hydrogen-bond acceptors (Lipinski definition) is 4. The molecule has 4 rings (SSSR count). The molecule has 1 atom stereocenters. The van der Waals surface area contributed by atoms with Gasteiger partial charge in [-0.3, -0.25) is 0 Å². The van der Waals surface area contributed by atoms with Gasteiger partial charge in [-0.2, -0.15) is 5.06 Å². The number of methoxy groups -OCH3 is 1.